The van der Waals surface area contributed by atoms with E-state index in [0.717, 1.165) is 22.9 Å². The molecule has 3 aromatic rings. The number of carbonyl (C=O) groups excluding carboxylic acids is 2. The Hall–Kier alpha value is -2.91. The van der Waals surface area contributed by atoms with Gasteiger partial charge >= 0.3 is 0 Å². The first kappa shape index (κ1) is 22.8. The molecule has 3 rings (SSSR count). The highest BCUT2D eigenvalue weighted by molar-refractivity contribution is 7.99. The van der Waals surface area contributed by atoms with Crippen molar-refractivity contribution in [3.05, 3.63) is 64.9 Å². The van der Waals surface area contributed by atoms with E-state index in [1.807, 2.05) is 0 Å². The van der Waals surface area contributed by atoms with E-state index in [2.05, 4.69) is 15.5 Å². The zero-order valence-electron chi connectivity index (χ0n) is 16.7. The Bertz CT molecular complexity index is 1030. The zero-order chi connectivity index (χ0) is 22.2. The summed E-state index contributed by atoms with van der Waals surface area (Å²) < 4.78 is 18.5. The summed E-state index contributed by atoms with van der Waals surface area (Å²) in [7, 11) is 0. The lowest BCUT2D eigenvalue weighted by atomic mass is 10.2. The third kappa shape index (κ3) is 6.80. The molecule has 2 amide bonds. The monoisotopic (exact) mass is 462 g/mol. The smallest absolute Gasteiger partial charge is 0.277 e. The quantitative estimate of drug-likeness (QED) is 0.487. The summed E-state index contributed by atoms with van der Waals surface area (Å²) in [4.78, 5) is 26.1. The number of nitrogens with zero attached hydrogens (tertiary/aromatic N) is 3. The van der Waals surface area contributed by atoms with Crippen LogP contribution < -0.4 is 5.32 Å². The van der Waals surface area contributed by atoms with Crippen LogP contribution in [0.3, 0.4) is 0 Å². The maximum Gasteiger partial charge on any atom is 0.277 e. The number of carbonyl (C=O) groups is 2. The van der Waals surface area contributed by atoms with Crippen LogP contribution in [0.4, 0.5) is 4.39 Å². The minimum Gasteiger partial charge on any atom is -0.411 e. The molecule has 162 valence electrons. The van der Waals surface area contributed by atoms with Crippen LogP contribution in [0.5, 0.6) is 0 Å². The van der Waals surface area contributed by atoms with Gasteiger partial charge in [0, 0.05) is 23.7 Å². The first-order valence-electron chi connectivity index (χ1n) is 9.45. The van der Waals surface area contributed by atoms with Gasteiger partial charge in [0.2, 0.25) is 17.7 Å². The van der Waals surface area contributed by atoms with E-state index in [0.29, 0.717) is 17.5 Å². The lowest BCUT2D eigenvalue weighted by Gasteiger charge is -2.19. The van der Waals surface area contributed by atoms with Gasteiger partial charge < -0.3 is 14.6 Å². The van der Waals surface area contributed by atoms with Crippen LogP contribution in [0.2, 0.25) is 5.02 Å². The molecule has 1 N–H and O–H groups in total. The maximum absolute atomic E-state index is 12.9. The molecule has 0 unspecified atom stereocenters. The van der Waals surface area contributed by atoms with E-state index in [4.69, 9.17) is 16.0 Å². The Balaban J connectivity index is 1.47. The molecule has 0 saturated carbocycles. The molecular formula is C21H20ClFN4O3S. The predicted octanol–water partition coefficient (Wildman–Crippen LogP) is 3.79. The average Bonchev–Trinajstić information content (AvgIpc) is 3.25. The van der Waals surface area contributed by atoms with Crippen molar-refractivity contribution in [3.63, 3.8) is 0 Å². The molecule has 2 aromatic carbocycles. The highest BCUT2D eigenvalue weighted by Crippen LogP contribution is 2.24. The van der Waals surface area contributed by atoms with Crippen molar-refractivity contribution in [2.75, 3.05) is 18.8 Å². The first-order valence-corrected chi connectivity index (χ1v) is 10.8. The highest BCUT2D eigenvalue weighted by atomic mass is 35.5. The van der Waals surface area contributed by atoms with Gasteiger partial charge in [-0.05, 0) is 48.9 Å². The van der Waals surface area contributed by atoms with E-state index in [1.54, 1.807) is 43.3 Å². The van der Waals surface area contributed by atoms with Crippen LogP contribution in [0, 0.1) is 5.82 Å². The third-order valence-electron chi connectivity index (χ3n) is 4.29. The molecule has 1 heterocycles. The molecule has 0 bridgehead atoms. The van der Waals surface area contributed by atoms with Crippen molar-refractivity contribution in [3.8, 4) is 11.5 Å². The van der Waals surface area contributed by atoms with Gasteiger partial charge in [-0.3, -0.25) is 9.59 Å². The Labute approximate surface area is 188 Å². The van der Waals surface area contributed by atoms with Crippen molar-refractivity contribution in [1.29, 1.82) is 0 Å². The SMILES string of the molecule is CCN(CC(=O)NCc1ccc(F)cc1)C(=O)CSc1nnc(-c2ccc(Cl)cc2)o1. The predicted molar refractivity (Wildman–Crippen MR) is 116 cm³/mol. The summed E-state index contributed by atoms with van der Waals surface area (Å²) in [6.07, 6.45) is 0. The molecule has 0 spiro atoms. The number of thioether (sulfide) groups is 1. The minimum absolute atomic E-state index is 0.0569. The maximum atomic E-state index is 12.9. The molecule has 1 aromatic heterocycles. The Kier molecular flexibility index (Phi) is 8.02. The fourth-order valence-electron chi connectivity index (χ4n) is 2.60. The summed E-state index contributed by atoms with van der Waals surface area (Å²) in [6, 6.07) is 12.8. The topological polar surface area (TPSA) is 88.3 Å². The van der Waals surface area contributed by atoms with Gasteiger partial charge in [0.25, 0.3) is 5.22 Å². The molecule has 10 heteroatoms. The highest BCUT2D eigenvalue weighted by Gasteiger charge is 2.18. The molecule has 7 nitrogen and oxygen atoms in total. The van der Waals surface area contributed by atoms with Crippen molar-refractivity contribution >= 4 is 35.2 Å². The number of amides is 2. The van der Waals surface area contributed by atoms with E-state index in [1.165, 1.54) is 17.0 Å². The lowest BCUT2D eigenvalue weighted by molar-refractivity contribution is -0.133. The van der Waals surface area contributed by atoms with E-state index in [9.17, 15) is 14.0 Å². The number of likely N-dealkylation sites (N-methyl/N-ethyl adjacent to an activating group) is 1. The minimum atomic E-state index is -0.336. The number of nitrogens with one attached hydrogen (secondary N) is 1. The number of halogens is 2. The van der Waals surface area contributed by atoms with Gasteiger partial charge in [0.05, 0.1) is 12.3 Å². The second-order valence-electron chi connectivity index (χ2n) is 6.48. The van der Waals surface area contributed by atoms with Crippen LogP contribution in [0.1, 0.15) is 12.5 Å². The van der Waals surface area contributed by atoms with Gasteiger partial charge in [-0.15, -0.1) is 10.2 Å². The van der Waals surface area contributed by atoms with Crippen molar-refractivity contribution in [2.45, 2.75) is 18.7 Å². The van der Waals surface area contributed by atoms with E-state index in [-0.39, 0.29) is 41.7 Å². The lowest BCUT2D eigenvalue weighted by Crippen LogP contribution is -2.41. The van der Waals surface area contributed by atoms with Crippen molar-refractivity contribution in [1.82, 2.24) is 20.4 Å². The standard InChI is InChI=1S/C21H20ClFN4O3S/c1-2-27(12-18(28)24-11-14-3-9-17(23)10-4-14)19(29)13-31-21-26-25-20(30-21)15-5-7-16(22)8-6-15/h3-10H,2,11-13H2,1H3,(H,24,28). The molecule has 0 atom stereocenters. The fourth-order valence-corrected chi connectivity index (χ4v) is 3.39. The number of benzene rings is 2. The molecule has 0 fully saturated rings. The summed E-state index contributed by atoms with van der Waals surface area (Å²) in [6.45, 7) is 2.36. The number of hydrogen-bond donors (Lipinski definition) is 1. The summed E-state index contributed by atoms with van der Waals surface area (Å²) in [5.41, 5.74) is 1.50. The largest absolute Gasteiger partial charge is 0.411 e. The van der Waals surface area contributed by atoms with E-state index >= 15 is 0 Å². The van der Waals surface area contributed by atoms with Crippen LogP contribution in [0.15, 0.2) is 58.2 Å². The Morgan fingerprint density at radius 3 is 2.52 bits per heavy atom. The molecular weight excluding hydrogens is 443 g/mol. The molecule has 0 aliphatic heterocycles. The third-order valence-corrected chi connectivity index (χ3v) is 5.34. The number of rotatable bonds is 9. The van der Waals surface area contributed by atoms with Crippen molar-refractivity contribution < 1.29 is 18.4 Å². The molecule has 31 heavy (non-hydrogen) atoms. The summed E-state index contributed by atoms with van der Waals surface area (Å²) in [5, 5.41) is 11.5. The fraction of sp³-hybridized carbons (Fsp3) is 0.238. The first-order chi connectivity index (χ1) is 14.9. The summed E-state index contributed by atoms with van der Waals surface area (Å²) in [5.74, 6) is -0.472. The zero-order valence-corrected chi connectivity index (χ0v) is 18.3. The Morgan fingerprint density at radius 2 is 1.84 bits per heavy atom. The summed E-state index contributed by atoms with van der Waals surface area (Å²) >= 11 is 6.97. The number of hydrogen-bond acceptors (Lipinski definition) is 6. The van der Waals surface area contributed by atoms with Gasteiger partial charge in [-0.2, -0.15) is 0 Å². The molecule has 0 radical (unpaired) electrons. The molecule has 0 aliphatic carbocycles. The van der Waals surface area contributed by atoms with Gasteiger partial charge in [0.1, 0.15) is 5.82 Å². The van der Waals surface area contributed by atoms with Gasteiger partial charge in [-0.1, -0.05) is 35.5 Å². The van der Waals surface area contributed by atoms with E-state index < -0.39 is 0 Å². The van der Waals surface area contributed by atoms with Crippen LogP contribution in [-0.2, 0) is 16.1 Å². The van der Waals surface area contributed by atoms with Gasteiger partial charge in [0.15, 0.2) is 0 Å². The molecule has 0 saturated heterocycles. The Morgan fingerprint density at radius 1 is 1.13 bits per heavy atom. The second kappa shape index (κ2) is 10.9. The van der Waals surface area contributed by atoms with Crippen LogP contribution in [-0.4, -0.2) is 45.8 Å². The van der Waals surface area contributed by atoms with Crippen LogP contribution in [0.25, 0.3) is 11.5 Å². The van der Waals surface area contributed by atoms with Crippen molar-refractivity contribution in [2.24, 2.45) is 0 Å². The second-order valence-corrected chi connectivity index (χ2v) is 7.84. The number of aromatic nitrogens is 2. The van der Waals surface area contributed by atoms with Gasteiger partial charge in [-0.25, -0.2) is 4.39 Å². The van der Waals surface area contributed by atoms with Crippen LogP contribution >= 0.6 is 23.4 Å². The average molecular weight is 463 g/mol. The normalized spacial score (nSPS) is 10.7. The molecule has 0 aliphatic rings.